The highest BCUT2D eigenvalue weighted by molar-refractivity contribution is 6.13. The number of nitrogens with zero attached hydrogens (tertiary/aromatic N) is 10. The summed E-state index contributed by atoms with van der Waals surface area (Å²) in [4.78, 5) is 41.5. The summed E-state index contributed by atoms with van der Waals surface area (Å²) in [5, 5.41) is 4.29. The van der Waals surface area contributed by atoms with Crippen LogP contribution in [0.5, 0.6) is 0 Å². The van der Waals surface area contributed by atoms with Crippen LogP contribution in [-0.4, -0.2) is 49.0 Å². The van der Waals surface area contributed by atoms with Crippen molar-refractivity contribution in [1.82, 2.24) is 49.0 Å². The van der Waals surface area contributed by atoms with Gasteiger partial charge >= 0.3 is 0 Å². The van der Waals surface area contributed by atoms with E-state index in [1.54, 1.807) is 0 Å². The summed E-state index contributed by atoms with van der Waals surface area (Å²) in [6.45, 7) is 0. The van der Waals surface area contributed by atoms with Gasteiger partial charge in [0.05, 0.1) is 44.8 Å². The van der Waals surface area contributed by atoms with Crippen molar-refractivity contribution in [2.75, 3.05) is 0 Å². The Kier molecular flexibility index (Phi) is 13.3. The molecule has 0 saturated heterocycles. The lowest BCUT2D eigenvalue weighted by molar-refractivity contribution is 1.07. The number of hydrogen-bond donors (Lipinski definition) is 0. The van der Waals surface area contributed by atoms with E-state index in [-0.39, 0.29) is 0 Å². The van der Waals surface area contributed by atoms with Crippen molar-refractivity contribution >= 4 is 43.6 Å². The number of para-hydroxylation sites is 3. The number of aromatic nitrogens is 10. The molecule has 5 heterocycles. The SMILES string of the molecule is c1ccc(-c2cc(-c3ccccc3)nc(-c3ccc(-c4ccccc4-n4c5ccccc5c5cc(-c6nc(-c7ccccc7)nc(-c7ccccc7)n6)ccc54)c(-n4c5ccccc5c5cc(-c6nc(-c7ccccc7)nc(-c7ccccc7)n6)ccc54)c3)n2)cc1. The van der Waals surface area contributed by atoms with E-state index < -0.39 is 0 Å². The molecular weight excluding hydrogens is 1120 g/mol. The van der Waals surface area contributed by atoms with Crippen molar-refractivity contribution in [2.24, 2.45) is 0 Å². The molecule has 0 saturated carbocycles. The molecular formula is C82H52N10. The smallest absolute Gasteiger partial charge is 0.164 e. The second kappa shape index (κ2) is 22.8. The molecule has 92 heavy (non-hydrogen) atoms. The average molecular weight is 1180 g/mol. The van der Waals surface area contributed by atoms with E-state index in [0.29, 0.717) is 40.8 Å². The second-order valence-electron chi connectivity index (χ2n) is 22.7. The van der Waals surface area contributed by atoms with Crippen LogP contribution in [0.25, 0.3) is 168 Å². The summed E-state index contributed by atoms with van der Waals surface area (Å²) < 4.78 is 4.81. The summed E-state index contributed by atoms with van der Waals surface area (Å²) in [7, 11) is 0. The molecule has 0 unspecified atom stereocenters. The Hall–Kier alpha value is -12.7. The zero-order valence-corrected chi connectivity index (χ0v) is 49.5. The van der Waals surface area contributed by atoms with Gasteiger partial charge in [0.2, 0.25) is 0 Å². The van der Waals surface area contributed by atoms with Gasteiger partial charge in [-0.05, 0) is 66.7 Å². The minimum Gasteiger partial charge on any atom is -0.309 e. The van der Waals surface area contributed by atoms with Crippen LogP contribution in [0, 0.1) is 0 Å². The minimum absolute atomic E-state index is 0.582. The van der Waals surface area contributed by atoms with Crippen molar-refractivity contribution in [2.45, 2.75) is 0 Å². The molecule has 10 heteroatoms. The molecule has 0 aliphatic carbocycles. The van der Waals surface area contributed by atoms with Crippen molar-refractivity contribution in [3.05, 3.63) is 315 Å². The summed E-state index contributed by atoms with van der Waals surface area (Å²) in [6.07, 6.45) is 0. The van der Waals surface area contributed by atoms with Gasteiger partial charge < -0.3 is 9.13 Å². The maximum Gasteiger partial charge on any atom is 0.164 e. The highest BCUT2D eigenvalue weighted by Gasteiger charge is 2.24. The maximum atomic E-state index is 5.39. The Morgan fingerprint density at radius 2 is 0.467 bits per heavy atom. The number of fused-ring (bicyclic) bond motifs is 6. The van der Waals surface area contributed by atoms with Gasteiger partial charge in [-0.1, -0.05) is 249 Å². The first-order chi connectivity index (χ1) is 45.6. The third-order valence-corrected chi connectivity index (χ3v) is 17.1. The molecule has 0 atom stereocenters. The average Bonchev–Trinajstić information content (AvgIpc) is 1.70. The zero-order valence-electron chi connectivity index (χ0n) is 49.5. The van der Waals surface area contributed by atoms with Gasteiger partial charge in [-0.25, -0.2) is 39.9 Å². The van der Waals surface area contributed by atoms with Crippen LogP contribution in [0.15, 0.2) is 315 Å². The third-order valence-electron chi connectivity index (χ3n) is 17.1. The van der Waals surface area contributed by atoms with Crippen LogP contribution < -0.4 is 0 Å². The summed E-state index contributed by atoms with van der Waals surface area (Å²) in [5.41, 5.74) is 18.0. The van der Waals surface area contributed by atoms with Gasteiger partial charge in [-0.15, -0.1) is 0 Å². The quantitative estimate of drug-likeness (QED) is 0.119. The van der Waals surface area contributed by atoms with Crippen molar-refractivity contribution in [3.8, 4) is 125 Å². The van der Waals surface area contributed by atoms with Crippen LogP contribution in [0.2, 0.25) is 0 Å². The summed E-state index contributed by atoms with van der Waals surface area (Å²) in [6, 6.07) is 109. The first-order valence-corrected chi connectivity index (χ1v) is 30.7. The lowest BCUT2D eigenvalue weighted by Gasteiger charge is -2.20. The highest BCUT2D eigenvalue weighted by Crippen LogP contribution is 2.44. The second-order valence-corrected chi connectivity index (χ2v) is 22.7. The molecule has 10 nitrogen and oxygen atoms in total. The van der Waals surface area contributed by atoms with E-state index in [9.17, 15) is 0 Å². The van der Waals surface area contributed by atoms with E-state index in [1.165, 1.54) is 0 Å². The van der Waals surface area contributed by atoms with Crippen LogP contribution in [0.1, 0.15) is 0 Å². The standard InChI is InChI=1S/C82H52N10/c1-7-25-53(26-8-1)68-52-69(54-27-9-2-10-28-54)84-80(83-68)61-43-46-65(75(51-61)92-72-42-24-21-39-64(72)67-50-60(45-48-74(67)92)82-89-78(57-33-15-5-16-34-57)86-79(90-82)58-35-17-6-18-36-58)62-37-19-22-40-70(62)91-71-41-23-20-38-63(71)66-49-59(44-47-73(66)91)81-87-76(55-29-11-3-12-30-55)85-77(88-81)56-31-13-4-14-32-56/h1-52H. The van der Waals surface area contributed by atoms with E-state index in [0.717, 1.165) is 128 Å². The molecule has 17 aromatic rings. The lowest BCUT2D eigenvalue weighted by Crippen LogP contribution is -2.03. The van der Waals surface area contributed by atoms with E-state index in [4.69, 9.17) is 39.9 Å². The molecule has 0 N–H and O–H groups in total. The van der Waals surface area contributed by atoms with Gasteiger partial charge in [0.25, 0.3) is 0 Å². The van der Waals surface area contributed by atoms with Gasteiger partial charge in [-0.3, -0.25) is 0 Å². The Labute approximate surface area is 529 Å². The monoisotopic (exact) mass is 1180 g/mol. The molecule has 430 valence electrons. The topological polar surface area (TPSA) is 113 Å². The Balaban J connectivity index is 0.882. The molecule has 0 spiro atoms. The third kappa shape index (κ3) is 9.72. The van der Waals surface area contributed by atoms with Crippen LogP contribution in [0.4, 0.5) is 0 Å². The van der Waals surface area contributed by atoms with E-state index in [2.05, 4.69) is 191 Å². The van der Waals surface area contributed by atoms with Crippen molar-refractivity contribution < 1.29 is 0 Å². The predicted octanol–water partition coefficient (Wildman–Crippen LogP) is 19.7. The van der Waals surface area contributed by atoms with Crippen LogP contribution in [0.3, 0.4) is 0 Å². The number of hydrogen-bond acceptors (Lipinski definition) is 8. The van der Waals surface area contributed by atoms with Gasteiger partial charge in [0.1, 0.15) is 0 Å². The summed E-state index contributed by atoms with van der Waals surface area (Å²) in [5.74, 6) is 4.21. The van der Waals surface area contributed by atoms with Crippen molar-refractivity contribution in [1.29, 1.82) is 0 Å². The number of rotatable bonds is 12. The van der Waals surface area contributed by atoms with Gasteiger partial charge in [0, 0.05) is 82.7 Å². The molecule has 12 aromatic carbocycles. The fourth-order valence-electron chi connectivity index (χ4n) is 12.7. The Morgan fingerprint density at radius 3 is 0.891 bits per heavy atom. The lowest BCUT2D eigenvalue weighted by atomic mass is 9.98. The van der Waals surface area contributed by atoms with Crippen LogP contribution >= 0.6 is 0 Å². The fraction of sp³-hybridized carbons (Fsp3) is 0. The molecule has 5 aromatic heterocycles. The minimum atomic E-state index is 0.582. The summed E-state index contributed by atoms with van der Waals surface area (Å²) >= 11 is 0. The number of benzene rings is 12. The maximum absolute atomic E-state index is 5.39. The molecule has 0 bridgehead atoms. The van der Waals surface area contributed by atoms with Gasteiger partial charge in [-0.2, -0.15) is 0 Å². The van der Waals surface area contributed by atoms with Crippen molar-refractivity contribution in [3.63, 3.8) is 0 Å². The largest absolute Gasteiger partial charge is 0.309 e. The Bertz CT molecular complexity index is 5450. The first-order valence-electron chi connectivity index (χ1n) is 30.7. The molecule has 0 fully saturated rings. The molecule has 0 aliphatic heterocycles. The van der Waals surface area contributed by atoms with E-state index in [1.807, 2.05) is 133 Å². The molecule has 17 rings (SSSR count). The van der Waals surface area contributed by atoms with Gasteiger partial charge in [0.15, 0.2) is 40.8 Å². The fourth-order valence-corrected chi connectivity index (χ4v) is 12.7. The normalized spacial score (nSPS) is 11.5. The molecule has 0 radical (unpaired) electrons. The highest BCUT2D eigenvalue weighted by atomic mass is 15.1. The van der Waals surface area contributed by atoms with Crippen LogP contribution in [-0.2, 0) is 0 Å². The van der Waals surface area contributed by atoms with E-state index >= 15 is 0 Å². The molecule has 0 aliphatic rings. The predicted molar refractivity (Wildman–Crippen MR) is 372 cm³/mol. The molecule has 0 amide bonds. The zero-order chi connectivity index (χ0) is 60.9. The Morgan fingerprint density at radius 1 is 0.174 bits per heavy atom. The first kappa shape index (κ1) is 53.6.